The normalized spacial score (nSPS) is 18.4. The van der Waals surface area contributed by atoms with Gasteiger partial charge in [0, 0.05) is 35.4 Å². The second kappa shape index (κ2) is 8.28. The van der Waals surface area contributed by atoms with E-state index in [0.29, 0.717) is 11.5 Å². The number of hydrogen-bond acceptors (Lipinski definition) is 3. The molecule has 3 heterocycles. The molecule has 2 aromatic heterocycles. The van der Waals surface area contributed by atoms with Crippen molar-refractivity contribution in [2.45, 2.75) is 39.3 Å². The summed E-state index contributed by atoms with van der Waals surface area (Å²) in [5.41, 5.74) is 5.86. The molecule has 3 aromatic rings. The van der Waals surface area contributed by atoms with Crippen LogP contribution in [-0.2, 0) is 4.79 Å². The Morgan fingerprint density at radius 1 is 1.20 bits per heavy atom. The molecule has 1 amide bonds. The summed E-state index contributed by atoms with van der Waals surface area (Å²) in [5, 5.41) is 7.05. The summed E-state index contributed by atoms with van der Waals surface area (Å²) in [6.07, 6.45) is 2.25. The van der Waals surface area contributed by atoms with Gasteiger partial charge in [0.05, 0.1) is 11.7 Å². The van der Waals surface area contributed by atoms with Crippen LogP contribution in [0.25, 0.3) is 0 Å². The lowest BCUT2D eigenvalue weighted by Gasteiger charge is -2.27. The van der Waals surface area contributed by atoms with Crippen LogP contribution in [0, 0.1) is 13.8 Å². The minimum Gasteiger partial charge on any atom is -0.361 e. The summed E-state index contributed by atoms with van der Waals surface area (Å²) in [6, 6.07) is 15.9. The highest BCUT2D eigenvalue weighted by Crippen LogP contribution is 2.41. The molecule has 0 saturated carbocycles. The second-order valence-corrected chi connectivity index (χ2v) is 7.88. The first-order chi connectivity index (χ1) is 14.5. The van der Waals surface area contributed by atoms with Crippen molar-refractivity contribution in [3.05, 3.63) is 77.4 Å². The SMILES string of the molecule is CCC(=O)Nc1ccc(N2C(=S)N[C@@H](c3ccccn3)[C@@H]2c2ccc(C)[nH]2)cc1C. The van der Waals surface area contributed by atoms with Crippen LogP contribution in [0.15, 0.2) is 54.7 Å². The number of nitrogens with one attached hydrogen (secondary N) is 3. The Morgan fingerprint density at radius 3 is 2.67 bits per heavy atom. The first kappa shape index (κ1) is 20.1. The molecular weight excluding hydrogens is 394 g/mol. The topological polar surface area (TPSA) is 73.1 Å². The molecule has 4 rings (SSSR count). The van der Waals surface area contributed by atoms with Crippen molar-refractivity contribution in [1.29, 1.82) is 0 Å². The van der Waals surface area contributed by atoms with Gasteiger partial charge in [0.15, 0.2) is 5.11 Å². The molecule has 1 aliphatic heterocycles. The summed E-state index contributed by atoms with van der Waals surface area (Å²) in [4.78, 5) is 22.0. The van der Waals surface area contributed by atoms with E-state index in [4.69, 9.17) is 12.2 Å². The van der Waals surface area contributed by atoms with E-state index in [2.05, 4.69) is 43.7 Å². The molecule has 1 aliphatic rings. The summed E-state index contributed by atoms with van der Waals surface area (Å²) in [6.45, 7) is 5.87. The molecule has 154 valence electrons. The number of benzene rings is 1. The number of rotatable bonds is 5. The van der Waals surface area contributed by atoms with Crippen LogP contribution in [0.2, 0.25) is 0 Å². The van der Waals surface area contributed by atoms with E-state index in [1.165, 1.54) is 0 Å². The maximum atomic E-state index is 11.8. The quantitative estimate of drug-likeness (QED) is 0.529. The van der Waals surface area contributed by atoms with Gasteiger partial charge in [-0.3, -0.25) is 9.78 Å². The molecule has 0 unspecified atom stereocenters. The highest BCUT2D eigenvalue weighted by atomic mass is 32.1. The molecule has 1 saturated heterocycles. The third-order valence-electron chi connectivity index (χ3n) is 5.35. The monoisotopic (exact) mass is 419 g/mol. The summed E-state index contributed by atoms with van der Waals surface area (Å²) in [5.74, 6) is -0.000775. The third-order valence-corrected chi connectivity index (χ3v) is 5.67. The number of nitrogens with zero attached hydrogens (tertiary/aromatic N) is 2. The van der Waals surface area contributed by atoms with Gasteiger partial charge in [-0.1, -0.05) is 13.0 Å². The minimum atomic E-state index is -0.0865. The molecule has 0 spiro atoms. The van der Waals surface area contributed by atoms with Crippen LogP contribution in [0.1, 0.15) is 48.1 Å². The molecule has 30 heavy (non-hydrogen) atoms. The molecule has 3 N–H and O–H groups in total. The van der Waals surface area contributed by atoms with Crippen molar-refractivity contribution in [1.82, 2.24) is 15.3 Å². The largest absolute Gasteiger partial charge is 0.361 e. The molecule has 6 nitrogen and oxygen atoms in total. The zero-order valence-corrected chi connectivity index (χ0v) is 18.1. The predicted octanol–water partition coefficient (Wildman–Crippen LogP) is 4.55. The van der Waals surface area contributed by atoms with Crippen LogP contribution in [0.3, 0.4) is 0 Å². The Labute approximate surface area is 181 Å². The number of pyridine rings is 1. The lowest BCUT2D eigenvalue weighted by molar-refractivity contribution is -0.115. The minimum absolute atomic E-state index is 0.000775. The molecule has 7 heteroatoms. The summed E-state index contributed by atoms with van der Waals surface area (Å²) in [7, 11) is 0. The maximum Gasteiger partial charge on any atom is 0.224 e. The van der Waals surface area contributed by atoms with E-state index in [1.807, 2.05) is 51.1 Å². The number of anilines is 2. The van der Waals surface area contributed by atoms with Gasteiger partial charge in [0.1, 0.15) is 6.04 Å². The van der Waals surface area contributed by atoms with E-state index in [-0.39, 0.29) is 18.0 Å². The average Bonchev–Trinajstić information content (AvgIpc) is 3.32. The standard InChI is InChI=1S/C23H25N5OS/c1-4-20(29)26-17-11-9-16(13-14(17)2)28-22(19-10-8-15(3)25-19)21(27-23(28)30)18-7-5-6-12-24-18/h5-13,21-22,25H,4H2,1-3H3,(H,26,29)(H,27,30)/t21-,22-/m0/s1. The Morgan fingerprint density at radius 2 is 2.03 bits per heavy atom. The van der Waals surface area contributed by atoms with Crippen molar-refractivity contribution in [3.63, 3.8) is 0 Å². The Hall–Kier alpha value is -3.19. The van der Waals surface area contributed by atoms with Gasteiger partial charge in [-0.25, -0.2) is 0 Å². The van der Waals surface area contributed by atoms with E-state index >= 15 is 0 Å². The summed E-state index contributed by atoms with van der Waals surface area (Å²) >= 11 is 5.75. The van der Waals surface area contributed by atoms with Gasteiger partial charge in [0.25, 0.3) is 0 Å². The molecule has 1 fully saturated rings. The van der Waals surface area contributed by atoms with Gasteiger partial charge in [-0.2, -0.15) is 0 Å². The number of amides is 1. The van der Waals surface area contributed by atoms with Gasteiger partial charge in [0.2, 0.25) is 5.91 Å². The van der Waals surface area contributed by atoms with Crippen LogP contribution in [0.5, 0.6) is 0 Å². The van der Waals surface area contributed by atoms with Gasteiger partial charge in [-0.15, -0.1) is 0 Å². The number of H-pyrrole nitrogens is 1. The predicted molar refractivity (Wildman–Crippen MR) is 124 cm³/mol. The van der Waals surface area contributed by atoms with Crippen molar-refractivity contribution < 1.29 is 4.79 Å². The Kier molecular flexibility index (Phi) is 5.55. The number of aryl methyl sites for hydroxylation is 2. The number of carbonyl (C=O) groups excluding carboxylic acids is 1. The number of carbonyl (C=O) groups is 1. The van der Waals surface area contributed by atoms with E-state index in [1.54, 1.807) is 6.20 Å². The zero-order valence-electron chi connectivity index (χ0n) is 17.3. The number of thiocarbonyl (C=S) groups is 1. The smallest absolute Gasteiger partial charge is 0.224 e. The van der Waals surface area contributed by atoms with Crippen LogP contribution < -0.4 is 15.5 Å². The fraction of sp³-hybridized carbons (Fsp3) is 0.261. The molecule has 2 atom stereocenters. The van der Waals surface area contributed by atoms with E-state index < -0.39 is 0 Å². The fourth-order valence-electron chi connectivity index (χ4n) is 3.82. The molecule has 0 bridgehead atoms. The first-order valence-electron chi connectivity index (χ1n) is 10.0. The number of hydrogen-bond donors (Lipinski definition) is 3. The van der Waals surface area contributed by atoms with Crippen molar-refractivity contribution in [2.75, 3.05) is 10.2 Å². The lowest BCUT2D eigenvalue weighted by atomic mass is 10.0. The van der Waals surface area contributed by atoms with Crippen molar-refractivity contribution >= 4 is 34.6 Å². The lowest BCUT2D eigenvalue weighted by Crippen LogP contribution is -2.29. The molecule has 0 radical (unpaired) electrons. The van der Waals surface area contributed by atoms with Crippen molar-refractivity contribution in [2.24, 2.45) is 0 Å². The van der Waals surface area contributed by atoms with Crippen LogP contribution >= 0.6 is 12.2 Å². The first-order valence-corrected chi connectivity index (χ1v) is 10.5. The number of aromatic nitrogens is 2. The molecule has 1 aromatic carbocycles. The van der Waals surface area contributed by atoms with Crippen molar-refractivity contribution in [3.8, 4) is 0 Å². The van der Waals surface area contributed by atoms with Gasteiger partial charge < -0.3 is 20.5 Å². The van der Waals surface area contributed by atoms with Gasteiger partial charge in [-0.05, 0) is 74.1 Å². The number of aromatic amines is 1. The van der Waals surface area contributed by atoms with E-state index in [0.717, 1.165) is 34.0 Å². The highest BCUT2D eigenvalue weighted by Gasteiger charge is 2.41. The fourth-order valence-corrected chi connectivity index (χ4v) is 4.17. The van der Waals surface area contributed by atoms with E-state index in [9.17, 15) is 4.79 Å². The summed E-state index contributed by atoms with van der Waals surface area (Å²) < 4.78 is 0. The molecular formula is C23H25N5OS. The second-order valence-electron chi connectivity index (χ2n) is 7.49. The maximum absolute atomic E-state index is 11.8. The Balaban J connectivity index is 1.74. The van der Waals surface area contributed by atoms with Gasteiger partial charge >= 0.3 is 0 Å². The van der Waals surface area contributed by atoms with Crippen LogP contribution in [0.4, 0.5) is 11.4 Å². The average molecular weight is 420 g/mol. The third kappa shape index (κ3) is 3.80. The highest BCUT2D eigenvalue weighted by molar-refractivity contribution is 7.80. The Bertz CT molecular complexity index is 1080. The molecule has 0 aliphatic carbocycles. The van der Waals surface area contributed by atoms with Crippen LogP contribution in [-0.4, -0.2) is 21.0 Å². The zero-order chi connectivity index (χ0) is 21.3.